The Kier molecular flexibility index (Phi) is 3.30. The topological polar surface area (TPSA) is 41.3 Å². The largest absolute Gasteiger partial charge is 0.362 e. The van der Waals surface area contributed by atoms with Crippen LogP contribution in [-0.4, -0.2) is 35.7 Å². The number of halogens is 1. The summed E-state index contributed by atoms with van der Waals surface area (Å²) in [6.45, 7) is 3.63. The number of nitrogens with zero attached hydrogens (tertiary/aromatic N) is 2. The fraction of sp³-hybridized carbons (Fsp3) is 0.611. The fourth-order valence-corrected chi connectivity index (χ4v) is 4.79. The standard InChI is InChI=1S/C18H22ClN3O/c19-14-5-4-13-17(16(14)12-2-1-3-12)23-21-18(13)20-15-10-22-8-6-11(15)7-9-22/h4-5,11-12,15H,1-3,6-10H2,(H,20,21)/t15-/m1/s1. The first-order valence-electron chi connectivity index (χ1n) is 8.86. The van der Waals surface area contributed by atoms with Crippen LogP contribution in [0, 0.1) is 5.92 Å². The molecule has 1 aromatic heterocycles. The van der Waals surface area contributed by atoms with Gasteiger partial charge in [0.25, 0.3) is 0 Å². The molecule has 1 saturated carbocycles. The Bertz CT molecular complexity index is 731. The van der Waals surface area contributed by atoms with Crippen LogP contribution in [-0.2, 0) is 0 Å². The molecule has 1 N–H and O–H groups in total. The molecule has 2 aromatic rings. The molecule has 4 aliphatic rings. The number of rotatable bonds is 3. The van der Waals surface area contributed by atoms with Crippen molar-refractivity contribution in [3.05, 3.63) is 22.7 Å². The molecular weight excluding hydrogens is 310 g/mol. The van der Waals surface area contributed by atoms with Crippen LogP contribution in [0.5, 0.6) is 0 Å². The molecule has 3 aliphatic heterocycles. The van der Waals surface area contributed by atoms with Crippen LogP contribution in [0.15, 0.2) is 16.7 Å². The molecule has 122 valence electrons. The van der Waals surface area contributed by atoms with Gasteiger partial charge in [0, 0.05) is 23.2 Å². The van der Waals surface area contributed by atoms with Crippen molar-refractivity contribution in [1.82, 2.24) is 10.1 Å². The van der Waals surface area contributed by atoms with E-state index in [0.717, 1.165) is 34.3 Å². The van der Waals surface area contributed by atoms with Crippen LogP contribution >= 0.6 is 11.6 Å². The van der Waals surface area contributed by atoms with E-state index in [1.807, 2.05) is 6.07 Å². The average Bonchev–Trinajstić information content (AvgIpc) is 2.92. The van der Waals surface area contributed by atoms with Crippen molar-refractivity contribution in [3.63, 3.8) is 0 Å². The van der Waals surface area contributed by atoms with E-state index in [1.54, 1.807) is 0 Å². The molecule has 4 heterocycles. The van der Waals surface area contributed by atoms with Gasteiger partial charge in [-0.3, -0.25) is 0 Å². The summed E-state index contributed by atoms with van der Waals surface area (Å²) in [5.74, 6) is 2.21. The molecule has 2 bridgehead atoms. The number of benzene rings is 1. The van der Waals surface area contributed by atoms with E-state index in [2.05, 4.69) is 21.4 Å². The highest BCUT2D eigenvalue weighted by molar-refractivity contribution is 6.32. The smallest absolute Gasteiger partial charge is 0.177 e. The number of nitrogens with one attached hydrogen (secondary N) is 1. The van der Waals surface area contributed by atoms with Gasteiger partial charge in [0.05, 0.1) is 5.39 Å². The highest BCUT2D eigenvalue weighted by Gasteiger charge is 2.35. The third-order valence-electron chi connectivity index (χ3n) is 6.12. The summed E-state index contributed by atoms with van der Waals surface area (Å²) in [5.41, 5.74) is 2.07. The highest BCUT2D eigenvalue weighted by atomic mass is 35.5. The van der Waals surface area contributed by atoms with Gasteiger partial charge in [-0.1, -0.05) is 23.2 Å². The summed E-state index contributed by atoms with van der Waals surface area (Å²) in [6, 6.07) is 4.56. The maximum atomic E-state index is 6.45. The predicted molar refractivity (Wildman–Crippen MR) is 92.2 cm³/mol. The van der Waals surface area contributed by atoms with Crippen molar-refractivity contribution < 1.29 is 4.52 Å². The highest BCUT2D eigenvalue weighted by Crippen LogP contribution is 2.44. The van der Waals surface area contributed by atoms with E-state index in [9.17, 15) is 0 Å². The van der Waals surface area contributed by atoms with Crippen LogP contribution in [0.1, 0.15) is 43.6 Å². The Balaban J connectivity index is 1.48. The minimum Gasteiger partial charge on any atom is -0.362 e. The average molecular weight is 332 g/mol. The minimum atomic E-state index is 0.494. The molecule has 1 aliphatic carbocycles. The SMILES string of the molecule is Clc1ccc2c(N[C@@H]3CN4CCC3CC4)noc2c1C1CCC1. The van der Waals surface area contributed by atoms with Crippen LogP contribution in [0.2, 0.25) is 5.02 Å². The van der Waals surface area contributed by atoms with E-state index < -0.39 is 0 Å². The van der Waals surface area contributed by atoms with Gasteiger partial charge in [-0.2, -0.15) is 0 Å². The van der Waals surface area contributed by atoms with E-state index in [4.69, 9.17) is 16.1 Å². The molecule has 0 amide bonds. The summed E-state index contributed by atoms with van der Waals surface area (Å²) in [7, 11) is 0. The molecular formula is C18H22ClN3O. The summed E-state index contributed by atoms with van der Waals surface area (Å²) in [5, 5.41) is 9.94. The van der Waals surface area contributed by atoms with Gasteiger partial charge in [0.1, 0.15) is 0 Å². The molecule has 23 heavy (non-hydrogen) atoms. The zero-order valence-corrected chi connectivity index (χ0v) is 14.0. The van der Waals surface area contributed by atoms with Gasteiger partial charge in [-0.05, 0) is 62.7 Å². The second-order valence-electron chi connectivity index (χ2n) is 7.39. The fourth-order valence-electron chi connectivity index (χ4n) is 4.49. The lowest BCUT2D eigenvalue weighted by Gasteiger charge is -2.44. The van der Waals surface area contributed by atoms with Crippen molar-refractivity contribution in [2.24, 2.45) is 5.92 Å². The molecule has 1 aromatic carbocycles. The maximum Gasteiger partial charge on any atom is 0.177 e. The molecule has 5 heteroatoms. The molecule has 1 atom stereocenters. The molecule has 0 spiro atoms. The van der Waals surface area contributed by atoms with Gasteiger partial charge in [0.2, 0.25) is 0 Å². The summed E-state index contributed by atoms with van der Waals surface area (Å²) >= 11 is 6.45. The van der Waals surface area contributed by atoms with Gasteiger partial charge >= 0.3 is 0 Å². The monoisotopic (exact) mass is 331 g/mol. The van der Waals surface area contributed by atoms with Gasteiger partial charge in [-0.15, -0.1) is 0 Å². The van der Waals surface area contributed by atoms with Gasteiger partial charge < -0.3 is 14.7 Å². The second-order valence-corrected chi connectivity index (χ2v) is 7.79. The maximum absolute atomic E-state index is 6.45. The van der Waals surface area contributed by atoms with Crippen molar-refractivity contribution in [1.29, 1.82) is 0 Å². The van der Waals surface area contributed by atoms with E-state index in [0.29, 0.717) is 12.0 Å². The van der Waals surface area contributed by atoms with Crippen molar-refractivity contribution >= 4 is 28.4 Å². The van der Waals surface area contributed by atoms with Crippen LogP contribution in [0.25, 0.3) is 11.0 Å². The molecule has 3 saturated heterocycles. The number of aromatic nitrogens is 1. The first kappa shape index (κ1) is 14.1. The quantitative estimate of drug-likeness (QED) is 0.912. The lowest BCUT2D eigenvalue weighted by atomic mass is 9.79. The Morgan fingerprint density at radius 3 is 2.65 bits per heavy atom. The third-order valence-corrected chi connectivity index (χ3v) is 6.45. The first-order valence-corrected chi connectivity index (χ1v) is 9.24. The second kappa shape index (κ2) is 5.38. The number of hydrogen-bond donors (Lipinski definition) is 1. The van der Waals surface area contributed by atoms with E-state index in [-0.39, 0.29) is 0 Å². The molecule has 4 nitrogen and oxygen atoms in total. The lowest BCUT2D eigenvalue weighted by molar-refractivity contribution is 0.0973. The first-order chi connectivity index (χ1) is 11.3. The predicted octanol–water partition coefficient (Wildman–Crippen LogP) is 4.25. The van der Waals surface area contributed by atoms with E-state index in [1.165, 1.54) is 50.8 Å². The summed E-state index contributed by atoms with van der Waals surface area (Å²) < 4.78 is 5.73. The molecule has 0 unspecified atom stereocenters. The Hall–Kier alpha value is -1.26. The van der Waals surface area contributed by atoms with Crippen molar-refractivity contribution in [3.8, 4) is 0 Å². The Morgan fingerprint density at radius 1 is 1.17 bits per heavy atom. The number of fused-ring (bicyclic) bond motifs is 4. The molecule has 0 radical (unpaired) electrons. The zero-order chi connectivity index (χ0) is 15.4. The Labute approximate surface area is 141 Å². The van der Waals surface area contributed by atoms with E-state index >= 15 is 0 Å². The third kappa shape index (κ3) is 2.26. The molecule has 4 fully saturated rings. The lowest BCUT2D eigenvalue weighted by Crippen LogP contribution is -2.53. The van der Waals surface area contributed by atoms with Gasteiger partial charge in [-0.25, -0.2) is 0 Å². The van der Waals surface area contributed by atoms with Crippen LogP contribution < -0.4 is 5.32 Å². The number of hydrogen-bond acceptors (Lipinski definition) is 4. The minimum absolute atomic E-state index is 0.494. The zero-order valence-electron chi connectivity index (χ0n) is 13.2. The van der Waals surface area contributed by atoms with Crippen molar-refractivity contribution in [2.75, 3.05) is 25.0 Å². The van der Waals surface area contributed by atoms with Gasteiger partial charge in [0.15, 0.2) is 11.4 Å². The normalized spacial score (nSPS) is 30.6. The summed E-state index contributed by atoms with van der Waals surface area (Å²) in [6.07, 6.45) is 6.30. The van der Waals surface area contributed by atoms with Crippen LogP contribution in [0.4, 0.5) is 5.82 Å². The summed E-state index contributed by atoms with van der Waals surface area (Å²) in [4.78, 5) is 2.55. The molecule has 6 rings (SSSR count). The Morgan fingerprint density at radius 2 is 2.00 bits per heavy atom. The van der Waals surface area contributed by atoms with Crippen molar-refractivity contribution in [2.45, 2.75) is 44.1 Å². The number of piperidine rings is 3. The van der Waals surface area contributed by atoms with Crippen LogP contribution in [0.3, 0.4) is 0 Å². The number of anilines is 1.